The molecule has 3 N–H and O–H groups in total. The summed E-state index contributed by atoms with van der Waals surface area (Å²) >= 11 is 0. The van der Waals surface area contributed by atoms with E-state index < -0.39 is 0 Å². The molecule has 0 bridgehead atoms. The molecule has 50 valence electrons. The van der Waals surface area contributed by atoms with Crippen LogP contribution in [0, 0.1) is 5.92 Å². The van der Waals surface area contributed by atoms with Gasteiger partial charge in [0.25, 0.3) is 0 Å². The molecule has 0 spiro atoms. The third kappa shape index (κ3) is 1.40. The van der Waals surface area contributed by atoms with E-state index in [1.54, 1.807) is 6.08 Å². The van der Waals surface area contributed by atoms with Gasteiger partial charge in [0.2, 0.25) is 0 Å². The molecule has 1 rings (SSSR count). The minimum atomic E-state index is -0.375. The fourth-order valence-electron chi connectivity index (χ4n) is 0.859. The van der Waals surface area contributed by atoms with Crippen LogP contribution in [0.2, 0.25) is 0 Å². The normalized spacial score (nSPS) is 33.1. The average Bonchev–Trinajstić information content (AvgIpc) is 1.89. The zero-order chi connectivity index (χ0) is 6.69. The summed E-state index contributed by atoms with van der Waals surface area (Å²) in [6, 6.07) is 0. The van der Waals surface area contributed by atoms with Crippen LogP contribution in [0.15, 0.2) is 24.3 Å². The van der Waals surface area contributed by atoms with Crippen LogP contribution in [0.5, 0.6) is 0 Å². The summed E-state index contributed by atoms with van der Waals surface area (Å²) in [6.45, 7) is 0.516. The monoisotopic (exact) mass is 125 g/mol. The first kappa shape index (κ1) is 6.52. The van der Waals surface area contributed by atoms with Gasteiger partial charge in [-0.05, 0) is 0 Å². The maximum absolute atomic E-state index is 9.15. The van der Waals surface area contributed by atoms with E-state index in [1.807, 2.05) is 18.2 Å². The van der Waals surface area contributed by atoms with E-state index in [2.05, 4.69) is 0 Å². The van der Waals surface area contributed by atoms with Crippen LogP contribution in [-0.2, 0) is 0 Å². The molecule has 2 unspecified atom stereocenters. The number of allylic oxidation sites excluding steroid dienone is 2. The predicted octanol–water partition coefficient (Wildman–Crippen LogP) is 0.0482. The highest BCUT2D eigenvalue weighted by molar-refractivity contribution is 5.15. The maximum atomic E-state index is 9.15. The van der Waals surface area contributed by atoms with Crippen molar-refractivity contribution in [2.24, 2.45) is 11.7 Å². The molecular weight excluding hydrogens is 114 g/mol. The molecule has 0 aromatic carbocycles. The Hall–Kier alpha value is -0.600. The van der Waals surface area contributed by atoms with E-state index in [9.17, 15) is 0 Å². The second-order valence-corrected chi connectivity index (χ2v) is 2.16. The van der Waals surface area contributed by atoms with Crippen molar-refractivity contribution in [3.63, 3.8) is 0 Å². The van der Waals surface area contributed by atoms with E-state index in [0.717, 1.165) is 0 Å². The van der Waals surface area contributed by atoms with Crippen LogP contribution in [-0.4, -0.2) is 17.8 Å². The van der Waals surface area contributed by atoms with Crippen molar-refractivity contribution < 1.29 is 5.11 Å². The molecular formula is C7H11NO. The van der Waals surface area contributed by atoms with Gasteiger partial charge in [0.15, 0.2) is 0 Å². The van der Waals surface area contributed by atoms with Gasteiger partial charge >= 0.3 is 0 Å². The van der Waals surface area contributed by atoms with E-state index in [1.165, 1.54) is 0 Å². The third-order valence-corrected chi connectivity index (χ3v) is 1.49. The Morgan fingerprint density at radius 3 is 2.44 bits per heavy atom. The van der Waals surface area contributed by atoms with Crippen molar-refractivity contribution >= 4 is 0 Å². The zero-order valence-corrected chi connectivity index (χ0v) is 5.20. The van der Waals surface area contributed by atoms with E-state index in [4.69, 9.17) is 10.8 Å². The molecule has 9 heavy (non-hydrogen) atoms. The molecule has 1 aliphatic carbocycles. The largest absolute Gasteiger partial charge is 0.388 e. The molecule has 2 atom stereocenters. The Bertz CT molecular complexity index is 140. The summed E-state index contributed by atoms with van der Waals surface area (Å²) in [5.74, 6) is 0.120. The van der Waals surface area contributed by atoms with Crippen LogP contribution in [0.3, 0.4) is 0 Å². The van der Waals surface area contributed by atoms with Gasteiger partial charge in [0.1, 0.15) is 0 Å². The Morgan fingerprint density at radius 2 is 2.00 bits per heavy atom. The number of aliphatic hydroxyl groups excluding tert-OH is 1. The summed E-state index contributed by atoms with van der Waals surface area (Å²) in [5, 5.41) is 9.15. The van der Waals surface area contributed by atoms with Gasteiger partial charge in [-0.2, -0.15) is 0 Å². The number of rotatable bonds is 1. The van der Waals surface area contributed by atoms with Gasteiger partial charge in [0.05, 0.1) is 6.10 Å². The molecule has 0 heterocycles. The number of hydrogen-bond acceptors (Lipinski definition) is 2. The molecule has 0 saturated carbocycles. The number of hydrogen-bond donors (Lipinski definition) is 2. The molecule has 0 radical (unpaired) electrons. The number of aliphatic hydroxyl groups is 1. The standard InChI is InChI=1S/C7H11NO/c8-5-6-3-1-2-4-7(6)9/h1-4,6-7,9H,5,8H2. The molecule has 0 amide bonds. The molecule has 2 nitrogen and oxygen atoms in total. The fraction of sp³-hybridized carbons (Fsp3) is 0.429. The Balaban J connectivity index is 2.55. The highest BCUT2D eigenvalue weighted by Gasteiger charge is 2.12. The van der Waals surface area contributed by atoms with E-state index in [0.29, 0.717) is 6.54 Å². The van der Waals surface area contributed by atoms with Crippen molar-refractivity contribution in [3.8, 4) is 0 Å². The lowest BCUT2D eigenvalue weighted by molar-refractivity contribution is 0.178. The van der Waals surface area contributed by atoms with E-state index in [-0.39, 0.29) is 12.0 Å². The first-order chi connectivity index (χ1) is 4.34. The Labute approximate surface area is 54.7 Å². The minimum Gasteiger partial charge on any atom is -0.388 e. The Kier molecular flexibility index (Phi) is 2.03. The number of nitrogens with two attached hydrogens (primary N) is 1. The zero-order valence-electron chi connectivity index (χ0n) is 5.20. The van der Waals surface area contributed by atoms with Crippen molar-refractivity contribution in [1.29, 1.82) is 0 Å². The summed E-state index contributed by atoms with van der Waals surface area (Å²) in [4.78, 5) is 0. The van der Waals surface area contributed by atoms with Crippen LogP contribution in [0.1, 0.15) is 0 Å². The predicted molar refractivity (Wildman–Crippen MR) is 36.8 cm³/mol. The van der Waals surface area contributed by atoms with E-state index >= 15 is 0 Å². The average molecular weight is 125 g/mol. The van der Waals surface area contributed by atoms with Gasteiger partial charge < -0.3 is 10.8 Å². The molecule has 0 aromatic heterocycles. The topological polar surface area (TPSA) is 46.2 Å². The van der Waals surface area contributed by atoms with Gasteiger partial charge in [-0.1, -0.05) is 24.3 Å². The first-order valence-electron chi connectivity index (χ1n) is 3.07. The minimum absolute atomic E-state index is 0.120. The second kappa shape index (κ2) is 2.80. The smallest absolute Gasteiger partial charge is 0.0798 e. The summed E-state index contributed by atoms with van der Waals surface area (Å²) in [7, 11) is 0. The summed E-state index contributed by atoms with van der Waals surface area (Å²) in [6.07, 6.45) is 7.03. The fourth-order valence-corrected chi connectivity index (χ4v) is 0.859. The quantitative estimate of drug-likeness (QED) is 0.520. The van der Waals surface area contributed by atoms with Crippen molar-refractivity contribution in [2.45, 2.75) is 6.10 Å². The molecule has 0 fully saturated rings. The second-order valence-electron chi connectivity index (χ2n) is 2.16. The first-order valence-corrected chi connectivity index (χ1v) is 3.07. The molecule has 2 heteroatoms. The van der Waals surface area contributed by atoms with Crippen LogP contribution < -0.4 is 5.73 Å². The maximum Gasteiger partial charge on any atom is 0.0798 e. The highest BCUT2D eigenvalue weighted by Crippen LogP contribution is 2.09. The lowest BCUT2D eigenvalue weighted by Crippen LogP contribution is -2.25. The van der Waals surface area contributed by atoms with Gasteiger partial charge in [-0.3, -0.25) is 0 Å². The van der Waals surface area contributed by atoms with Crippen molar-refractivity contribution in [3.05, 3.63) is 24.3 Å². The van der Waals surface area contributed by atoms with Gasteiger partial charge in [-0.25, -0.2) is 0 Å². The van der Waals surface area contributed by atoms with Gasteiger partial charge in [-0.15, -0.1) is 0 Å². The highest BCUT2D eigenvalue weighted by atomic mass is 16.3. The molecule has 0 aliphatic heterocycles. The summed E-state index contributed by atoms with van der Waals surface area (Å²) in [5.41, 5.74) is 5.35. The molecule has 1 aliphatic rings. The lowest BCUT2D eigenvalue weighted by atomic mass is 9.98. The van der Waals surface area contributed by atoms with Crippen LogP contribution in [0.25, 0.3) is 0 Å². The van der Waals surface area contributed by atoms with Gasteiger partial charge in [0, 0.05) is 12.5 Å². The third-order valence-electron chi connectivity index (χ3n) is 1.49. The van der Waals surface area contributed by atoms with Crippen molar-refractivity contribution in [1.82, 2.24) is 0 Å². The lowest BCUT2D eigenvalue weighted by Gasteiger charge is -2.16. The van der Waals surface area contributed by atoms with Crippen LogP contribution >= 0.6 is 0 Å². The van der Waals surface area contributed by atoms with Crippen molar-refractivity contribution in [2.75, 3.05) is 6.54 Å². The molecule has 0 aromatic rings. The molecule has 0 saturated heterocycles. The summed E-state index contributed by atoms with van der Waals surface area (Å²) < 4.78 is 0. The SMILES string of the molecule is NCC1C=CC=CC1O. The Morgan fingerprint density at radius 1 is 1.33 bits per heavy atom. The van der Waals surface area contributed by atoms with Crippen LogP contribution in [0.4, 0.5) is 0 Å².